The SMILES string of the molecule is NCc1ncc(C(F)(F)F)s1. The Labute approximate surface area is 64.9 Å². The number of alkyl halides is 3. The average molecular weight is 182 g/mol. The minimum atomic E-state index is -4.29. The van der Waals surface area contributed by atoms with Crippen molar-refractivity contribution in [1.29, 1.82) is 0 Å². The Balaban J connectivity index is 2.89. The van der Waals surface area contributed by atoms with Crippen LogP contribution in [0.25, 0.3) is 0 Å². The topological polar surface area (TPSA) is 38.9 Å². The molecule has 1 rings (SSSR count). The summed E-state index contributed by atoms with van der Waals surface area (Å²) in [7, 11) is 0. The zero-order chi connectivity index (χ0) is 8.48. The van der Waals surface area contributed by atoms with E-state index in [0.717, 1.165) is 6.20 Å². The van der Waals surface area contributed by atoms with Crippen molar-refractivity contribution in [2.24, 2.45) is 5.73 Å². The van der Waals surface area contributed by atoms with Crippen molar-refractivity contribution < 1.29 is 13.2 Å². The minimum absolute atomic E-state index is 0.0563. The number of nitrogens with zero attached hydrogens (tertiary/aromatic N) is 1. The van der Waals surface area contributed by atoms with Crippen LogP contribution in [0.1, 0.15) is 9.88 Å². The van der Waals surface area contributed by atoms with Crippen molar-refractivity contribution in [1.82, 2.24) is 4.98 Å². The van der Waals surface area contributed by atoms with Crippen LogP contribution in [0.4, 0.5) is 13.2 Å². The van der Waals surface area contributed by atoms with E-state index in [2.05, 4.69) is 4.98 Å². The summed E-state index contributed by atoms with van der Waals surface area (Å²) in [5, 5.41) is 0.303. The normalized spacial score (nSPS) is 12.0. The van der Waals surface area contributed by atoms with Crippen molar-refractivity contribution in [3.8, 4) is 0 Å². The standard InChI is InChI=1S/C5H5F3N2S/c6-5(7,8)3-2-10-4(1-9)11-3/h2H,1,9H2. The van der Waals surface area contributed by atoms with Crippen molar-refractivity contribution in [2.75, 3.05) is 0 Å². The molecule has 0 fully saturated rings. The monoisotopic (exact) mass is 182 g/mol. The Morgan fingerprint density at radius 3 is 2.45 bits per heavy atom. The van der Waals surface area contributed by atoms with E-state index in [-0.39, 0.29) is 6.54 Å². The molecule has 0 atom stereocenters. The van der Waals surface area contributed by atoms with E-state index in [1.165, 1.54) is 0 Å². The highest BCUT2D eigenvalue weighted by Crippen LogP contribution is 2.32. The molecule has 0 aliphatic heterocycles. The van der Waals surface area contributed by atoms with Crippen LogP contribution in [0.3, 0.4) is 0 Å². The van der Waals surface area contributed by atoms with Gasteiger partial charge in [0.05, 0.1) is 6.20 Å². The highest BCUT2D eigenvalue weighted by atomic mass is 32.1. The largest absolute Gasteiger partial charge is 0.427 e. The first-order valence-corrected chi connectivity index (χ1v) is 3.57. The van der Waals surface area contributed by atoms with E-state index < -0.39 is 11.1 Å². The molecule has 1 aromatic heterocycles. The van der Waals surface area contributed by atoms with Gasteiger partial charge in [-0.05, 0) is 0 Å². The zero-order valence-electron chi connectivity index (χ0n) is 5.35. The van der Waals surface area contributed by atoms with Gasteiger partial charge in [0.25, 0.3) is 0 Å². The summed E-state index contributed by atoms with van der Waals surface area (Å²) in [4.78, 5) is 2.78. The molecule has 0 saturated carbocycles. The summed E-state index contributed by atoms with van der Waals surface area (Å²) < 4.78 is 35.6. The molecule has 0 amide bonds. The lowest BCUT2D eigenvalue weighted by Gasteiger charge is -1.98. The van der Waals surface area contributed by atoms with Crippen molar-refractivity contribution >= 4 is 11.3 Å². The molecule has 0 radical (unpaired) electrons. The van der Waals surface area contributed by atoms with Gasteiger partial charge in [0.1, 0.15) is 9.88 Å². The van der Waals surface area contributed by atoms with Crippen molar-refractivity contribution in [2.45, 2.75) is 12.7 Å². The van der Waals surface area contributed by atoms with E-state index in [1.807, 2.05) is 0 Å². The predicted molar refractivity (Wildman–Crippen MR) is 35.0 cm³/mol. The zero-order valence-corrected chi connectivity index (χ0v) is 6.17. The molecule has 0 saturated heterocycles. The quantitative estimate of drug-likeness (QED) is 0.716. The summed E-state index contributed by atoms with van der Waals surface area (Å²) in [5.74, 6) is 0. The van der Waals surface area contributed by atoms with Crippen LogP contribution in [0.15, 0.2) is 6.20 Å². The van der Waals surface area contributed by atoms with Crippen molar-refractivity contribution in [3.63, 3.8) is 0 Å². The lowest BCUT2D eigenvalue weighted by molar-refractivity contribution is -0.134. The third-order valence-electron chi connectivity index (χ3n) is 1.01. The van der Waals surface area contributed by atoms with E-state index >= 15 is 0 Å². The van der Waals surface area contributed by atoms with Gasteiger partial charge in [-0.15, -0.1) is 11.3 Å². The van der Waals surface area contributed by atoms with Gasteiger partial charge in [0, 0.05) is 6.54 Å². The smallest absolute Gasteiger partial charge is 0.325 e. The molecule has 6 heteroatoms. The first kappa shape index (κ1) is 8.48. The highest BCUT2D eigenvalue weighted by molar-refractivity contribution is 7.11. The van der Waals surface area contributed by atoms with Crippen molar-refractivity contribution in [3.05, 3.63) is 16.1 Å². The Kier molecular flexibility index (Phi) is 2.15. The Bertz CT molecular complexity index is 242. The van der Waals surface area contributed by atoms with Crippen LogP contribution in [-0.2, 0) is 12.7 Å². The second-order valence-electron chi connectivity index (χ2n) is 1.82. The Morgan fingerprint density at radius 2 is 2.18 bits per heavy atom. The summed E-state index contributed by atoms with van der Waals surface area (Å²) in [6.45, 7) is 0.0563. The third kappa shape index (κ3) is 1.90. The third-order valence-corrected chi connectivity index (χ3v) is 2.07. The van der Waals surface area contributed by atoms with Crippen LogP contribution < -0.4 is 5.73 Å². The molecular formula is C5H5F3N2S. The second kappa shape index (κ2) is 2.78. The van der Waals surface area contributed by atoms with E-state index in [4.69, 9.17) is 5.73 Å². The molecule has 2 nitrogen and oxygen atoms in total. The number of nitrogens with two attached hydrogens (primary N) is 1. The van der Waals surface area contributed by atoms with Gasteiger partial charge in [-0.25, -0.2) is 4.98 Å². The van der Waals surface area contributed by atoms with Crippen LogP contribution in [0.2, 0.25) is 0 Å². The maximum Gasteiger partial charge on any atom is 0.427 e. The van der Waals surface area contributed by atoms with Gasteiger partial charge in [0.15, 0.2) is 0 Å². The fraction of sp³-hybridized carbons (Fsp3) is 0.400. The molecule has 0 unspecified atom stereocenters. The molecule has 0 aromatic carbocycles. The predicted octanol–water partition coefficient (Wildman–Crippen LogP) is 1.62. The van der Waals surface area contributed by atoms with Gasteiger partial charge in [-0.2, -0.15) is 13.2 Å². The molecular weight excluding hydrogens is 177 g/mol. The molecule has 0 aliphatic carbocycles. The summed E-state index contributed by atoms with van der Waals surface area (Å²) >= 11 is 0.579. The fourth-order valence-corrected chi connectivity index (χ4v) is 1.20. The van der Waals surface area contributed by atoms with Gasteiger partial charge in [0.2, 0.25) is 0 Å². The first-order chi connectivity index (χ1) is 5.04. The first-order valence-electron chi connectivity index (χ1n) is 2.76. The number of halogens is 3. The molecule has 0 spiro atoms. The minimum Gasteiger partial charge on any atom is -0.325 e. The van der Waals surface area contributed by atoms with Crippen LogP contribution >= 0.6 is 11.3 Å². The molecule has 1 aromatic rings. The Morgan fingerprint density at radius 1 is 1.55 bits per heavy atom. The van der Waals surface area contributed by atoms with Crippen LogP contribution in [0.5, 0.6) is 0 Å². The van der Waals surface area contributed by atoms with Crippen LogP contribution in [-0.4, -0.2) is 4.98 Å². The van der Waals surface area contributed by atoms with Crippen LogP contribution in [0, 0.1) is 0 Å². The van der Waals surface area contributed by atoms with E-state index in [9.17, 15) is 13.2 Å². The maximum absolute atomic E-state index is 11.9. The molecule has 2 N–H and O–H groups in total. The van der Waals surface area contributed by atoms with Gasteiger partial charge in [-0.3, -0.25) is 0 Å². The molecule has 11 heavy (non-hydrogen) atoms. The summed E-state index contributed by atoms with van der Waals surface area (Å²) in [6, 6.07) is 0. The fourth-order valence-electron chi connectivity index (χ4n) is 0.536. The number of hydrogen-bond donors (Lipinski definition) is 1. The van der Waals surface area contributed by atoms with Gasteiger partial charge in [-0.1, -0.05) is 0 Å². The second-order valence-corrected chi connectivity index (χ2v) is 2.94. The molecule has 1 heterocycles. The summed E-state index contributed by atoms with van der Waals surface area (Å²) in [6.07, 6.45) is -3.49. The lowest BCUT2D eigenvalue weighted by Crippen LogP contribution is -2.00. The molecule has 62 valence electrons. The molecule has 0 bridgehead atoms. The lowest BCUT2D eigenvalue weighted by atomic mass is 10.5. The van der Waals surface area contributed by atoms with E-state index in [1.54, 1.807) is 0 Å². The summed E-state index contributed by atoms with van der Waals surface area (Å²) in [5.41, 5.74) is 5.09. The van der Waals surface area contributed by atoms with E-state index in [0.29, 0.717) is 16.3 Å². The Hall–Kier alpha value is -0.620. The maximum atomic E-state index is 11.9. The average Bonchev–Trinajstić information content (AvgIpc) is 2.32. The number of hydrogen-bond acceptors (Lipinski definition) is 3. The van der Waals surface area contributed by atoms with Gasteiger partial charge >= 0.3 is 6.18 Å². The highest BCUT2D eigenvalue weighted by Gasteiger charge is 2.32. The number of thiazole rings is 1. The molecule has 0 aliphatic rings. The number of rotatable bonds is 1. The number of aromatic nitrogens is 1. The van der Waals surface area contributed by atoms with Gasteiger partial charge < -0.3 is 5.73 Å².